The largest absolute Gasteiger partial charge is 0.394 e. The van der Waals surface area contributed by atoms with E-state index >= 15 is 0 Å². The average molecular weight is 1150 g/mol. The lowest BCUT2D eigenvalue weighted by Gasteiger charge is -2.40. The molecule has 0 aromatic carbocycles. The topological polar surface area (TPSA) is 149 Å². The third kappa shape index (κ3) is 50.0. The highest BCUT2D eigenvalue weighted by atomic mass is 16.7. The Bertz CT molecular complexity index is 1820. The van der Waals surface area contributed by atoms with Crippen molar-refractivity contribution in [3.8, 4) is 0 Å². The summed E-state index contributed by atoms with van der Waals surface area (Å²) in [7, 11) is 0. The van der Waals surface area contributed by atoms with Crippen LogP contribution in [-0.2, 0) is 14.3 Å². The van der Waals surface area contributed by atoms with Crippen molar-refractivity contribution in [2.75, 3.05) is 13.2 Å². The molecular weight excluding hydrogens is 1030 g/mol. The zero-order valence-corrected chi connectivity index (χ0v) is 52.6. The standard InChI is InChI=1S/C74H123NO8/c1-3-5-7-9-11-13-15-17-19-21-23-24-25-26-27-28-29-30-31-32-33-34-35-36-37-38-39-40-41-42-43-44-46-48-50-52-54-56-58-60-62-64-70(78)75-67(66-82-74-73(81)72(80)71(79)69(65-76)83-74)68(77)63-61-59-57-55-53-51-49-47-45-22-20-18-16-14-12-10-8-6-4-2/h5,7,11,13,17,19,23-24,26-27,29-30,32-33,35-36,38-39,41-42,44,46,50,52,67-69,71-74,76-77,79-81H,3-4,6,8-10,12,14-16,18,20-22,25,28,31,34,37,40,43,45,47-49,51,53-66H2,1-2H3,(H,75,78)/b7-5-,13-11-,19-17-,24-23-,27-26-,30-29-,33-32-,36-35-,39-38-,42-41-,46-44-,52-50-. The van der Waals surface area contributed by atoms with E-state index in [0.717, 1.165) is 128 Å². The van der Waals surface area contributed by atoms with Gasteiger partial charge in [0.2, 0.25) is 5.91 Å². The van der Waals surface area contributed by atoms with Gasteiger partial charge in [-0.25, -0.2) is 0 Å². The minimum Gasteiger partial charge on any atom is -0.394 e. The molecule has 1 rings (SSSR count). The van der Waals surface area contributed by atoms with Gasteiger partial charge in [-0.05, 0) is 103 Å². The highest BCUT2D eigenvalue weighted by Gasteiger charge is 2.44. The Kier molecular flexibility index (Phi) is 56.8. The molecule has 83 heavy (non-hydrogen) atoms. The van der Waals surface area contributed by atoms with E-state index in [1.165, 1.54) is 103 Å². The highest BCUT2D eigenvalue weighted by molar-refractivity contribution is 5.76. The molecule has 1 amide bonds. The van der Waals surface area contributed by atoms with Gasteiger partial charge in [0.1, 0.15) is 24.4 Å². The molecule has 472 valence electrons. The number of hydrogen-bond donors (Lipinski definition) is 6. The summed E-state index contributed by atoms with van der Waals surface area (Å²) in [5.41, 5.74) is 0. The van der Waals surface area contributed by atoms with E-state index in [0.29, 0.717) is 12.8 Å². The van der Waals surface area contributed by atoms with Gasteiger partial charge in [-0.1, -0.05) is 295 Å². The molecule has 1 aliphatic rings. The molecule has 9 heteroatoms. The Balaban J connectivity index is 2.18. The summed E-state index contributed by atoms with van der Waals surface area (Å²) in [5.74, 6) is -0.172. The summed E-state index contributed by atoms with van der Waals surface area (Å²) in [6.45, 7) is 3.72. The predicted molar refractivity (Wildman–Crippen MR) is 354 cm³/mol. The molecule has 0 spiro atoms. The van der Waals surface area contributed by atoms with Crippen LogP contribution in [0.1, 0.15) is 258 Å². The van der Waals surface area contributed by atoms with Crippen LogP contribution in [0.4, 0.5) is 0 Å². The number of amides is 1. The molecule has 1 aliphatic heterocycles. The van der Waals surface area contributed by atoms with E-state index in [2.05, 4.69) is 165 Å². The first-order chi connectivity index (χ1) is 40.8. The van der Waals surface area contributed by atoms with Crippen LogP contribution >= 0.6 is 0 Å². The minimum atomic E-state index is -1.57. The van der Waals surface area contributed by atoms with Crippen molar-refractivity contribution in [3.05, 3.63) is 146 Å². The van der Waals surface area contributed by atoms with Gasteiger partial charge in [-0.2, -0.15) is 0 Å². The maximum Gasteiger partial charge on any atom is 0.220 e. The molecule has 9 nitrogen and oxygen atoms in total. The van der Waals surface area contributed by atoms with E-state index < -0.39 is 49.5 Å². The van der Waals surface area contributed by atoms with Gasteiger partial charge in [-0.15, -0.1) is 0 Å². The van der Waals surface area contributed by atoms with Gasteiger partial charge in [0, 0.05) is 6.42 Å². The molecule has 6 N–H and O–H groups in total. The van der Waals surface area contributed by atoms with Crippen molar-refractivity contribution in [1.29, 1.82) is 0 Å². The fraction of sp³-hybridized carbons (Fsp3) is 0.662. The van der Waals surface area contributed by atoms with Crippen molar-refractivity contribution in [2.24, 2.45) is 0 Å². The van der Waals surface area contributed by atoms with Gasteiger partial charge in [0.15, 0.2) is 6.29 Å². The van der Waals surface area contributed by atoms with E-state index in [9.17, 15) is 30.3 Å². The van der Waals surface area contributed by atoms with Crippen LogP contribution in [0.3, 0.4) is 0 Å². The SMILES string of the molecule is CC/C=C\C/C=C\C/C=C\C/C=C\C/C=C\C/C=C\C/C=C\C/C=C\C/C=C\C/C=C\C/C=C\C/C=C\CCCCCCC(=O)NC(COC1OC(CO)C(O)C(O)C1O)C(O)CCCCCCCCCCCCCCCCCCCCC. The molecule has 7 unspecified atom stereocenters. The first-order valence-electron chi connectivity index (χ1n) is 33.5. The van der Waals surface area contributed by atoms with Crippen LogP contribution in [0.2, 0.25) is 0 Å². The Morgan fingerprint density at radius 1 is 0.422 bits per heavy atom. The van der Waals surface area contributed by atoms with E-state index in [1.54, 1.807) is 0 Å². The molecule has 1 heterocycles. The monoisotopic (exact) mass is 1150 g/mol. The minimum absolute atomic E-state index is 0.156. The lowest BCUT2D eigenvalue weighted by atomic mass is 9.99. The summed E-state index contributed by atoms with van der Waals surface area (Å²) in [6.07, 6.45) is 87.5. The maximum atomic E-state index is 13.1. The van der Waals surface area contributed by atoms with Crippen LogP contribution < -0.4 is 5.32 Å². The predicted octanol–water partition coefficient (Wildman–Crippen LogP) is 18.2. The number of unbranched alkanes of at least 4 members (excludes halogenated alkanes) is 22. The fourth-order valence-electron chi connectivity index (χ4n) is 9.73. The Morgan fingerprint density at radius 2 is 0.747 bits per heavy atom. The molecule has 0 aliphatic carbocycles. The molecule has 0 aromatic heterocycles. The smallest absolute Gasteiger partial charge is 0.220 e. The van der Waals surface area contributed by atoms with E-state index in [4.69, 9.17) is 9.47 Å². The summed E-state index contributed by atoms with van der Waals surface area (Å²) in [5, 5.41) is 54.8. The molecule has 1 saturated heterocycles. The normalized spacial score (nSPS) is 19.2. The first-order valence-corrected chi connectivity index (χ1v) is 33.5. The van der Waals surface area contributed by atoms with Gasteiger partial charge in [0.25, 0.3) is 0 Å². The number of rotatable bonds is 56. The lowest BCUT2D eigenvalue weighted by molar-refractivity contribution is -0.302. The van der Waals surface area contributed by atoms with E-state index in [1.807, 2.05) is 0 Å². The second kappa shape index (κ2) is 61.2. The van der Waals surface area contributed by atoms with Gasteiger partial charge in [-0.3, -0.25) is 4.79 Å². The van der Waals surface area contributed by atoms with Crippen molar-refractivity contribution >= 4 is 5.91 Å². The average Bonchev–Trinajstić information content (AvgIpc) is 3.61. The van der Waals surface area contributed by atoms with Crippen LogP contribution in [0.15, 0.2) is 146 Å². The quantitative estimate of drug-likeness (QED) is 0.0261. The third-order valence-electron chi connectivity index (χ3n) is 15.0. The first kappa shape index (κ1) is 77.1. The lowest BCUT2D eigenvalue weighted by Crippen LogP contribution is -2.60. The molecule has 0 aromatic rings. The second-order valence-corrected chi connectivity index (χ2v) is 22.5. The number of nitrogens with one attached hydrogen (secondary N) is 1. The number of hydrogen-bond acceptors (Lipinski definition) is 8. The number of allylic oxidation sites excluding steroid dienone is 24. The maximum absolute atomic E-state index is 13.1. The van der Waals surface area contributed by atoms with Crippen LogP contribution in [-0.4, -0.2) is 87.5 Å². The van der Waals surface area contributed by atoms with Gasteiger partial charge in [0.05, 0.1) is 25.4 Å². The number of carbonyl (C=O) groups excluding carboxylic acids is 1. The zero-order valence-electron chi connectivity index (χ0n) is 52.6. The number of ether oxygens (including phenoxy) is 2. The van der Waals surface area contributed by atoms with Crippen molar-refractivity contribution in [3.63, 3.8) is 0 Å². The Hall–Kier alpha value is -3.93. The fourth-order valence-corrected chi connectivity index (χ4v) is 9.73. The highest BCUT2D eigenvalue weighted by Crippen LogP contribution is 2.23. The molecule has 0 radical (unpaired) electrons. The van der Waals surface area contributed by atoms with Crippen molar-refractivity contribution < 1.29 is 39.8 Å². The number of carbonyl (C=O) groups is 1. The number of aliphatic hydroxyl groups excluding tert-OH is 5. The Morgan fingerprint density at radius 3 is 1.11 bits per heavy atom. The second-order valence-electron chi connectivity index (χ2n) is 22.5. The summed E-state index contributed by atoms with van der Waals surface area (Å²) < 4.78 is 11.3. The van der Waals surface area contributed by atoms with E-state index in [-0.39, 0.29) is 12.5 Å². The molecular formula is C74H123NO8. The van der Waals surface area contributed by atoms with Crippen LogP contribution in [0, 0.1) is 0 Å². The molecule has 0 bridgehead atoms. The van der Waals surface area contributed by atoms with Gasteiger partial charge >= 0.3 is 0 Å². The molecule has 1 fully saturated rings. The number of aliphatic hydroxyl groups is 5. The van der Waals surface area contributed by atoms with Gasteiger partial charge < -0.3 is 40.3 Å². The third-order valence-corrected chi connectivity index (χ3v) is 15.0. The molecule has 7 atom stereocenters. The van der Waals surface area contributed by atoms with Crippen molar-refractivity contribution in [2.45, 2.75) is 301 Å². The summed E-state index contributed by atoms with van der Waals surface area (Å²) >= 11 is 0. The summed E-state index contributed by atoms with van der Waals surface area (Å²) in [6, 6.07) is -0.744. The van der Waals surface area contributed by atoms with Crippen LogP contribution in [0.5, 0.6) is 0 Å². The molecule has 0 saturated carbocycles. The Labute approximate surface area is 508 Å². The van der Waals surface area contributed by atoms with Crippen molar-refractivity contribution in [1.82, 2.24) is 5.32 Å². The van der Waals surface area contributed by atoms with Crippen LogP contribution in [0.25, 0.3) is 0 Å². The summed E-state index contributed by atoms with van der Waals surface area (Å²) in [4.78, 5) is 13.1. The zero-order chi connectivity index (χ0) is 60.0.